The van der Waals surface area contributed by atoms with Crippen LogP contribution in [0.15, 0.2) is 30.3 Å². The van der Waals surface area contributed by atoms with Gasteiger partial charge in [0.15, 0.2) is 0 Å². The van der Waals surface area contributed by atoms with E-state index in [0.29, 0.717) is 18.7 Å². The number of amides is 1. The molecule has 0 saturated heterocycles. The van der Waals surface area contributed by atoms with Gasteiger partial charge < -0.3 is 19.7 Å². The maximum absolute atomic E-state index is 12.7. The predicted octanol–water partition coefficient (Wildman–Crippen LogP) is 2.18. The molecule has 2 aromatic rings. The van der Waals surface area contributed by atoms with Crippen molar-refractivity contribution in [3.8, 4) is 0 Å². The molecule has 0 aliphatic carbocycles. The van der Waals surface area contributed by atoms with Crippen molar-refractivity contribution < 1.29 is 14.6 Å². The normalized spacial score (nSPS) is 14.0. The van der Waals surface area contributed by atoms with Crippen LogP contribution in [0.25, 0.3) is 10.9 Å². The number of rotatable bonds is 7. The van der Waals surface area contributed by atoms with Gasteiger partial charge in [-0.3, -0.25) is 4.79 Å². The Morgan fingerprint density at radius 3 is 2.77 bits per heavy atom. The number of aryl methyl sites for hydroxylation is 1. The van der Waals surface area contributed by atoms with Gasteiger partial charge in [-0.2, -0.15) is 0 Å². The largest absolute Gasteiger partial charge is 0.396 e. The number of ether oxygens (including phenoxy) is 1. The Morgan fingerprint density at radius 2 is 2.14 bits per heavy atom. The zero-order valence-corrected chi connectivity index (χ0v) is 13.4. The Bertz CT molecular complexity index is 642. The lowest BCUT2D eigenvalue weighted by molar-refractivity contribution is 0.0718. The summed E-state index contributed by atoms with van der Waals surface area (Å²) in [5.74, 6) is -0.147. The van der Waals surface area contributed by atoms with E-state index in [-0.39, 0.29) is 12.5 Å². The van der Waals surface area contributed by atoms with Crippen LogP contribution in [-0.4, -0.2) is 41.4 Å². The standard InChI is InChI=1S/C17H24N2O3/c1-4-19-14-8-6-5-7-13(14)11-15(19)16(21)18-17(2,9-10-20)12-22-3/h5-8,11,20H,4,9-10,12H2,1-3H3,(H,18,21). The maximum Gasteiger partial charge on any atom is 0.268 e. The van der Waals surface area contributed by atoms with Crippen molar-refractivity contribution in [2.24, 2.45) is 0 Å². The van der Waals surface area contributed by atoms with Gasteiger partial charge >= 0.3 is 0 Å². The number of nitrogens with zero attached hydrogens (tertiary/aromatic N) is 1. The minimum absolute atomic E-state index is 0.00307. The highest BCUT2D eigenvalue weighted by molar-refractivity contribution is 5.99. The molecule has 1 unspecified atom stereocenters. The molecule has 1 heterocycles. The van der Waals surface area contributed by atoms with E-state index < -0.39 is 5.54 Å². The number of benzene rings is 1. The number of para-hydroxylation sites is 1. The SMILES string of the molecule is CCn1c(C(=O)NC(C)(CCO)COC)cc2ccccc21. The predicted molar refractivity (Wildman–Crippen MR) is 87.1 cm³/mol. The highest BCUT2D eigenvalue weighted by Gasteiger charge is 2.27. The van der Waals surface area contributed by atoms with Gasteiger partial charge in [0.05, 0.1) is 12.1 Å². The molecule has 120 valence electrons. The Kier molecular flexibility index (Phi) is 5.21. The van der Waals surface area contributed by atoms with Crippen LogP contribution >= 0.6 is 0 Å². The van der Waals surface area contributed by atoms with Gasteiger partial charge in [-0.15, -0.1) is 0 Å². The highest BCUT2D eigenvalue weighted by Crippen LogP contribution is 2.21. The van der Waals surface area contributed by atoms with Crippen molar-refractivity contribution in [1.82, 2.24) is 9.88 Å². The van der Waals surface area contributed by atoms with Crippen LogP contribution in [0.3, 0.4) is 0 Å². The number of fused-ring (bicyclic) bond motifs is 1. The Balaban J connectivity index is 2.32. The van der Waals surface area contributed by atoms with Gasteiger partial charge in [0.25, 0.3) is 5.91 Å². The molecule has 0 spiro atoms. The third-order valence-electron chi connectivity index (χ3n) is 3.90. The first-order chi connectivity index (χ1) is 10.5. The topological polar surface area (TPSA) is 63.5 Å². The zero-order chi connectivity index (χ0) is 16.2. The lowest BCUT2D eigenvalue weighted by Gasteiger charge is -2.29. The van der Waals surface area contributed by atoms with Crippen LogP contribution < -0.4 is 5.32 Å². The molecular formula is C17H24N2O3. The number of aliphatic hydroxyl groups excluding tert-OH is 1. The second-order valence-electron chi connectivity index (χ2n) is 5.75. The van der Waals surface area contributed by atoms with E-state index in [0.717, 1.165) is 17.4 Å². The molecule has 5 nitrogen and oxygen atoms in total. The summed E-state index contributed by atoms with van der Waals surface area (Å²) in [4.78, 5) is 12.7. The van der Waals surface area contributed by atoms with E-state index in [1.54, 1.807) is 7.11 Å². The molecule has 0 aliphatic rings. The van der Waals surface area contributed by atoms with Crippen molar-refractivity contribution >= 4 is 16.8 Å². The summed E-state index contributed by atoms with van der Waals surface area (Å²) >= 11 is 0. The van der Waals surface area contributed by atoms with Crippen molar-refractivity contribution in [3.63, 3.8) is 0 Å². The number of aliphatic hydroxyl groups is 1. The number of aromatic nitrogens is 1. The molecule has 2 N–H and O–H groups in total. The number of carbonyl (C=O) groups excluding carboxylic acids is 1. The summed E-state index contributed by atoms with van der Waals surface area (Å²) in [5.41, 5.74) is 1.09. The molecule has 1 aromatic carbocycles. The number of hydrogen-bond donors (Lipinski definition) is 2. The first kappa shape index (κ1) is 16.5. The molecule has 5 heteroatoms. The van der Waals surface area contributed by atoms with Crippen LogP contribution in [-0.2, 0) is 11.3 Å². The smallest absolute Gasteiger partial charge is 0.268 e. The first-order valence-corrected chi connectivity index (χ1v) is 7.55. The quantitative estimate of drug-likeness (QED) is 0.824. The zero-order valence-electron chi connectivity index (χ0n) is 13.4. The monoisotopic (exact) mass is 304 g/mol. The molecule has 0 aliphatic heterocycles. The number of carbonyl (C=O) groups is 1. The Hall–Kier alpha value is -1.85. The summed E-state index contributed by atoms with van der Waals surface area (Å²) in [7, 11) is 1.59. The van der Waals surface area contributed by atoms with E-state index >= 15 is 0 Å². The maximum atomic E-state index is 12.7. The average molecular weight is 304 g/mol. The fourth-order valence-corrected chi connectivity index (χ4v) is 2.81. The fraction of sp³-hybridized carbons (Fsp3) is 0.471. The van der Waals surface area contributed by atoms with Crippen molar-refractivity contribution in [2.75, 3.05) is 20.3 Å². The van der Waals surface area contributed by atoms with Crippen molar-refractivity contribution in [3.05, 3.63) is 36.0 Å². The lowest BCUT2D eigenvalue weighted by Crippen LogP contribution is -2.50. The lowest BCUT2D eigenvalue weighted by atomic mass is 9.99. The summed E-state index contributed by atoms with van der Waals surface area (Å²) < 4.78 is 7.18. The summed E-state index contributed by atoms with van der Waals surface area (Å²) in [6, 6.07) is 9.85. The molecular weight excluding hydrogens is 280 g/mol. The van der Waals surface area contributed by atoms with E-state index in [1.807, 2.05) is 48.7 Å². The molecule has 2 rings (SSSR count). The minimum atomic E-state index is -0.588. The third-order valence-corrected chi connectivity index (χ3v) is 3.90. The Morgan fingerprint density at radius 1 is 1.41 bits per heavy atom. The number of methoxy groups -OCH3 is 1. The van der Waals surface area contributed by atoms with E-state index in [1.165, 1.54) is 0 Å². The summed E-state index contributed by atoms with van der Waals surface area (Å²) in [5, 5.41) is 13.3. The van der Waals surface area contributed by atoms with E-state index in [4.69, 9.17) is 4.74 Å². The van der Waals surface area contributed by atoms with Crippen LogP contribution in [0.5, 0.6) is 0 Å². The second kappa shape index (κ2) is 6.94. The van der Waals surface area contributed by atoms with Crippen LogP contribution in [0.1, 0.15) is 30.8 Å². The highest BCUT2D eigenvalue weighted by atomic mass is 16.5. The molecule has 0 saturated carbocycles. The number of nitrogens with one attached hydrogen (secondary N) is 1. The fourth-order valence-electron chi connectivity index (χ4n) is 2.81. The first-order valence-electron chi connectivity index (χ1n) is 7.55. The van der Waals surface area contributed by atoms with E-state index in [2.05, 4.69) is 5.32 Å². The van der Waals surface area contributed by atoms with Gasteiger partial charge in [-0.1, -0.05) is 18.2 Å². The van der Waals surface area contributed by atoms with Gasteiger partial charge in [0.1, 0.15) is 5.69 Å². The van der Waals surface area contributed by atoms with Crippen LogP contribution in [0.2, 0.25) is 0 Å². The average Bonchev–Trinajstić information content (AvgIpc) is 2.86. The second-order valence-corrected chi connectivity index (χ2v) is 5.75. The van der Waals surface area contributed by atoms with Crippen LogP contribution in [0.4, 0.5) is 0 Å². The summed E-state index contributed by atoms with van der Waals surface area (Å²) in [6.07, 6.45) is 0.443. The van der Waals surface area contributed by atoms with Crippen molar-refractivity contribution in [2.45, 2.75) is 32.4 Å². The molecule has 1 atom stereocenters. The van der Waals surface area contributed by atoms with Gasteiger partial charge in [-0.25, -0.2) is 0 Å². The molecule has 22 heavy (non-hydrogen) atoms. The Labute approximate surface area is 130 Å². The molecule has 1 aromatic heterocycles. The van der Waals surface area contributed by atoms with Crippen molar-refractivity contribution in [1.29, 1.82) is 0 Å². The number of hydrogen-bond acceptors (Lipinski definition) is 3. The van der Waals surface area contributed by atoms with Gasteiger partial charge in [-0.05, 0) is 32.4 Å². The molecule has 0 bridgehead atoms. The van der Waals surface area contributed by atoms with E-state index in [9.17, 15) is 9.90 Å². The van der Waals surface area contributed by atoms with Crippen LogP contribution in [0, 0.1) is 0 Å². The van der Waals surface area contributed by atoms with Gasteiger partial charge in [0, 0.05) is 31.2 Å². The summed E-state index contributed by atoms with van der Waals surface area (Å²) in [6.45, 7) is 4.97. The third kappa shape index (κ3) is 3.31. The molecule has 0 radical (unpaired) electrons. The molecule has 0 fully saturated rings. The minimum Gasteiger partial charge on any atom is -0.396 e. The molecule has 1 amide bonds. The van der Waals surface area contributed by atoms with Gasteiger partial charge in [0.2, 0.25) is 0 Å².